The number of thiophene rings is 1. The number of fused-ring (bicyclic) bond motifs is 3. The number of nitrogens with zero attached hydrogens (tertiary/aromatic N) is 4. The third-order valence-electron chi connectivity index (χ3n) is 5.68. The zero-order chi connectivity index (χ0) is 23.4. The lowest BCUT2D eigenvalue weighted by molar-refractivity contribution is -0.121. The average molecular weight is 468 g/mol. The number of para-hydroxylation sites is 1. The average Bonchev–Trinajstić information content (AvgIpc) is 3.45. The number of hydrogen-bond donors (Lipinski definition) is 1. The highest BCUT2D eigenvalue weighted by Gasteiger charge is 2.17. The Hall–Kier alpha value is -3.20. The number of methoxy groups -OCH3 is 1. The Morgan fingerprint density at radius 1 is 1.21 bits per heavy atom. The van der Waals surface area contributed by atoms with E-state index in [-0.39, 0.29) is 11.5 Å². The van der Waals surface area contributed by atoms with Crippen LogP contribution in [0, 0.1) is 5.92 Å². The van der Waals surface area contributed by atoms with E-state index >= 15 is 0 Å². The summed E-state index contributed by atoms with van der Waals surface area (Å²) >= 11 is 1.44. The van der Waals surface area contributed by atoms with Crippen molar-refractivity contribution in [2.45, 2.75) is 52.6 Å². The summed E-state index contributed by atoms with van der Waals surface area (Å²) in [6, 6.07) is 9.58. The Morgan fingerprint density at radius 2 is 2.03 bits per heavy atom. The van der Waals surface area contributed by atoms with Gasteiger partial charge < -0.3 is 10.1 Å². The van der Waals surface area contributed by atoms with Crippen LogP contribution in [0.3, 0.4) is 0 Å². The first-order valence-electron chi connectivity index (χ1n) is 11.2. The molecule has 0 spiro atoms. The van der Waals surface area contributed by atoms with Gasteiger partial charge in [-0.05, 0) is 36.3 Å². The first-order valence-corrected chi connectivity index (χ1v) is 12.1. The lowest BCUT2D eigenvalue weighted by atomic mass is 10.1. The zero-order valence-electron chi connectivity index (χ0n) is 19.2. The molecular formula is C24H29N5O3S. The predicted molar refractivity (Wildman–Crippen MR) is 130 cm³/mol. The summed E-state index contributed by atoms with van der Waals surface area (Å²) in [5, 5.41) is 13.6. The number of ether oxygens (including phenoxy) is 1. The molecule has 9 heteroatoms. The highest BCUT2D eigenvalue weighted by atomic mass is 32.1. The van der Waals surface area contributed by atoms with Crippen LogP contribution in [0.15, 0.2) is 40.5 Å². The Balaban J connectivity index is 1.46. The molecule has 0 aliphatic heterocycles. The minimum atomic E-state index is -0.0238. The fourth-order valence-electron chi connectivity index (χ4n) is 3.87. The number of rotatable bonds is 10. The highest BCUT2D eigenvalue weighted by Crippen LogP contribution is 2.21. The minimum absolute atomic E-state index is 0.0113. The zero-order valence-corrected chi connectivity index (χ0v) is 20.0. The molecular weight excluding hydrogens is 438 g/mol. The molecule has 33 heavy (non-hydrogen) atoms. The smallest absolute Gasteiger partial charge is 0.272 e. The van der Waals surface area contributed by atoms with Gasteiger partial charge in [0, 0.05) is 31.5 Å². The van der Waals surface area contributed by atoms with Crippen LogP contribution in [0.2, 0.25) is 0 Å². The van der Waals surface area contributed by atoms with Gasteiger partial charge in [0.15, 0.2) is 0 Å². The van der Waals surface area contributed by atoms with Crippen molar-refractivity contribution in [3.05, 3.63) is 57.5 Å². The van der Waals surface area contributed by atoms with Crippen LogP contribution in [0.1, 0.15) is 44.5 Å². The lowest BCUT2D eigenvalue weighted by Crippen LogP contribution is -2.24. The largest absolute Gasteiger partial charge is 0.496 e. The molecule has 0 saturated carbocycles. The van der Waals surface area contributed by atoms with Crippen LogP contribution in [0.25, 0.3) is 16.0 Å². The molecule has 0 aliphatic rings. The second-order valence-electron chi connectivity index (χ2n) is 8.47. The van der Waals surface area contributed by atoms with E-state index in [0.717, 1.165) is 29.1 Å². The Bertz CT molecular complexity index is 1320. The fraction of sp³-hybridized carbons (Fsp3) is 0.417. The fourth-order valence-corrected chi connectivity index (χ4v) is 4.69. The van der Waals surface area contributed by atoms with Gasteiger partial charge in [-0.25, -0.2) is 0 Å². The number of hydrogen-bond acceptors (Lipinski definition) is 6. The number of amides is 1. The Labute approximate surface area is 196 Å². The Morgan fingerprint density at radius 3 is 2.82 bits per heavy atom. The summed E-state index contributed by atoms with van der Waals surface area (Å²) in [5.41, 5.74) is 1.76. The molecule has 0 unspecified atom stereocenters. The summed E-state index contributed by atoms with van der Waals surface area (Å²) in [6.45, 7) is 5.31. The molecule has 3 heterocycles. The van der Waals surface area contributed by atoms with E-state index in [1.807, 2.05) is 40.1 Å². The van der Waals surface area contributed by atoms with Gasteiger partial charge >= 0.3 is 0 Å². The summed E-state index contributed by atoms with van der Waals surface area (Å²) in [5.74, 6) is 2.56. The van der Waals surface area contributed by atoms with Crippen molar-refractivity contribution in [3.63, 3.8) is 0 Å². The van der Waals surface area contributed by atoms with Crippen LogP contribution >= 0.6 is 11.3 Å². The second kappa shape index (κ2) is 10.2. The summed E-state index contributed by atoms with van der Waals surface area (Å²) in [7, 11) is 1.62. The van der Waals surface area contributed by atoms with Crippen molar-refractivity contribution in [1.29, 1.82) is 0 Å². The minimum Gasteiger partial charge on any atom is -0.496 e. The third-order valence-corrected chi connectivity index (χ3v) is 6.57. The molecule has 4 rings (SSSR count). The van der Waals surface area contributed by atoms with Gasteiger partial charge in [0.05, 0.1) is 12.6 Å². The molecule has 8 nitrogen and oxygen atoms in total. The van der Waals surface area contributed by atoms with Gasteiger partial charge in [0.2, 0.25) is 11.7 Å². The number of aryl methyl sites for hydroxylation is 2. The van der Waals surface area contributed by atoms with Crippen LogP contribution in [-0.2, 0) is 24.3 Å². The summed E-state index contributed by atoms with van der Waals surface area (Å²) < 4.78 is 9.75. The molecule has 1 amide bonds. The first-order chi connectivity index (χ1) is 16.0. The standard InChI is InChI=1S/C24H29N5O3S/c1-16(2)11-13-28-23(31)22-18(12-14-33-22)29-20(26-27-24(28)29)9-6-10-21(30)25-15-17-7-4-5-8-19(17)32-3/h4-5,7-8,12,14,16H,6,9-11,13,15H2,1-3H3,(H,25,30). The van der Waals surface area contributed by atoms with Gasteiger partial charge in [0.1, 0.15) is 16.3 Å². The predicted octanol–water partition coefficient (Wildman–Crippen LogP) is 3.80. The lowest BCUT2D eigenvalue weighted by Gasteiger charge is -2.11. The van der Waals surface area contributed by atoms with E-state index in [4.69, 9.17) is 4.74 Å². The van der Waals surface area contributed by atoms with Crippen LogP contribution < -0.4 is 15.6 Å². The van der Waals surface area contributed by atoms with Gasteiger partial charge in [0.25, 0.3) is 5.56 Å². The molecule has 0 fully saturated rings. The molecule has 1 N–H and O–H groups in total. The summed E-state index contributed by atoms with van der Waals surface area (Å²) in [6.07, 6.45) is 2.50. The second-order valence-corrected chi connectivity index (χ2v) is 9.38. The highest BCUT2D eigenvalue weighted by molar-refractivity contribution is 7.17. The number of nitrogens with one attached hydrogen (secondary N) is 1. The van der Waals surface area contributed by atoms with Crippen molar-refractivity contribution < 1.29 is 9.53 Å². The first kappa shape index (κ1) is 23.0. The van der Waals surface area contributed by atoms with Crippen LogP contribution in [-0.4, -0.2) is 32.2 Å². The van der Waals surface area contributed by atoms with Crippen molar-refractivity contribution in [3.8, 4) is 5.75 Å². The Kier molecular flexibility index (Phi) is 7.08. The summed E-state index contributed by atoms with van der Waals surface area (Å²) in [4.78, 5) is 25.4. The molecule has 0 radical (unpaired) electrons. The molecule has 1 aromatic carbocycles. The SMILES string of the molecule is COc1ccccc1CNC(=O)CCCc1nnc2n(CCC(C)C)c(=O)c3sccc3n12. The number of benzene rings is 1. The van der Waals surface area contributed by atoms with Crippen molar-refractivity contribution in [2.75, 3.05) is 7.11 Å². The number of aromatic nitrogens is 4. The van der Waals surface area contributed by atoms with Crippen LogP contribution in [0.5, 0.6) is 5.75 Å². The van der Waals surface area contributed by atoms with Crippen molar-refractivity contribution in [1.82, 2.24) is 24.5 Å². The monoisotopic (exact) mass is 467 g/mol. The normalized spacial score (nSPS) is 11.5. The van der Waals surface area contributed by atoms with Crippen molar-refractivity contribution >= 4 is 33.2 Å². The quantitative estimate of drug-likeness (QED) is 0.383. The molecule has 3 aromatic heterocycles. The molecule has 0 atom stereocenters. The number of carbonyl (C=O) groups is 1. The molecule has 4 aromatic rings. The van der Waals surface area contributed by atoms with E-state index in [1.165, 1.54) is 11.3 Å². The van der Waals surface area contributed by atoms with Gasteiger partial charge in [-0.1, -0.05) is 32.0 Å². The molecule has 174 valence electrons. The maximum Gasteiger partial charge on any atom is 0.272 e. The molecule has 0 aliphatic carbocycles. The molecule has 0 bridgehead atoms. The topological polar surface area (TPSA) is 90.5 Å². The van der Waals surface area contributed by atoms with E-state index in [2.05, 4.69) is 29.4 Å². The van der Waals surface area contributed by atoms with Crippen molar-refractivity contribution in [2.24, 2.45) is 5.92 Å². The third kappa shape index (κ3) is 4.93. The molecule has 0 saturated heterocycles. The van der Waals surface area contributed by atoms with E-state index < -0.39 is 0 Å². The number of carbonyl (C=O) groups excluding carboxylic acids is 1. The maximum absolute atomic E-state index is 13.0. The van der Waals surface area contributed by atoms with Gasteiger partial charge in [-0.2, -0.15) is 0 Å². The van der Waals surface area contributed by atoms with E-state index in [9.17, 15) is 9.59 Å². The van der Waals surface area contributed by atoms with E-state index in [0.29, 0.717) is 48.7 Å². The van der Waals surface area contributed by atoms with Gasteiger partial charge in [-0.3, -0.25) is 18.6 Å². The van der Waals surface area contributed by atoms with E-state index in [1.54, 1.807) is 11.7 Å². The van der Waals surface area contributed by atoms with Crippen LogP contribution in [0.4, 0.5) is 0 Å². The maximum atomic E-state index is 13.0. The van der Waals surface area contributed by atoms with Gasteiger partial charge in [-0.15, -0.1) is 21.5 Å².